The standard InChI is InChI=1S/C22H24O17/c1-6-4-10(23)34-9-5-7(2-3-8(6)9)38-39-22(18(29)14(27)13(26)17(36-22)20(32)33)37-21-15(28)11(24)12(25)16(35-21)19(30)31/h2-5,11-18,21,24-29H,1H3,(H,30,31)(H,32,33)/t11-,12-,13-,14-,15+,16-,17-,18+,21?,22?/m0/s1. The average molecular weight is 560 g/mol. The lowest BCUT2D eigenvalue weighted by Gasteiger charge is -2.47. The summed E-state index contributed by atoms with van der Waals surface area (Å²) in [4.78, 5) is 45.0. The monoisotopic (exact) mass is 560 g/mol. The van der Waals surface area contributed by atoms with Crippen LogP contribution < -0.4 is 10.5 Å². The maximum atomic E-state index is 11.7. The first-order valence-corrected chi connectivity index (χ1v) is 11.2. The fourth-order valence-electron chi connectivity index (χ4n) is 4.05. The summed E-state index contributed by atoms with van der Waals surface area (Å²) in [7, 11) is 0. The number of carboxylic acids is 2. The second-order valence-electron chi connectivity index (χ2n) is 8.83. The highest BCUT2D eigenvalue weighted by molar-refractivity contribution is 5.81. The molecule has 0 spiro atoms. The molecule has 2 aliphatic heterocycles. The van der Waals surface area contributed by atoms with Crippen LogP contribution in [-0.2, 0) is 28.7 Å². The molecule has 2 saturated heterocycles. The van der Waals surface area contributed by atoms with Crippen LogP contribution in [0.25, 0.3) is 11.0 Å². The van der Waals surface area contributed by atoms with E-state index >= 15 is 0 Å². The molecule has 2 unspecified atom stereocenters. The number of aryl methyl sites for hydroxylation is 1. The Morgan fingerprint density at radius 2 is 1.51 bits per heavy atom. The van der Waals surface area contributed by atoms with Crippen molar-refractivity contribution in [2.24, 2.45) is 0 Å². The van der Waals surface area contributed by atoms with Crippen molar-refractivity contribution in [3.05, 3.63) is 40.2 Å². The number of carbonyl (C=O) groups is 2. The highest BCUT2D eigenvalue weighted by Gasteiger charge is 2.62. The van der Waals surface area contributed by atoms with Gasteiger partial charge in [0, 0.05) is 17.5 Å². The van der Waals surface area contributed by atoms with E-state index in [1.165, 1.54) is 18.2 Å². The van der Waals surface area contributed by atoms with Gasteiger partial charge in [0.15, 0.2) is 30.4 Å². The zero-order valence-corrected chi connectivity index (χ0v) is 19.8. The number of ether oxygens (including phenoxy) is 3. The molecule has 2 aromatic rings. The summed E-state index contributed by atoms with van der Waals surface area (Å²) in [6.45, 7) is 1.63. The fourth-order valence-corrected chi connectivity index (χ4v) is 4.05. The Hall–Kier alpha value is -3.23. The summed E-state index contributed by atoms with van der Waals surface area (Å²) >= 11 is 0. The number of fused-ring (bicyclic) bond motifs is 1. The largest absolute Gasteiger partial charge is 0.479 e. The molecule has 39 heavy (non-hydrogen) atoms. The molecule has 1 aromatic heterocycles. The summed E-state index contributed by atoms with van der Waals surface area (Å²) in [5, 5.41) is 80.6. The number of aliphatic carboxylic acids is 2. The lowest BCUT2D eigenvalue weighted by atomic mass is 9.96. The first-order valence-electron chi connectivity index (χ1n) is 11.2. The van der Waals surface area contributed by atoms with Crippen LogP contribution in [0.3, 0.4) is 0 Å². The van der Waals surface area contributed by atoms with Crippen LogP contribution in [0.1, 0.15) is 5.56 Å². The third-order valence-electron chi connectivity index (χ3n) is 6.15. The van der Waals surface area contributed by atoms with Crippen molar-refractivity contribution in [3.8, 4) is 5.75 Å². The summed E-state index contributed by atoms with van der Waals surface area (Å²) in [6.07, 6.45) is -20.5. The Kier molecular flexibility index (Phi) is 7.92. The molecule has 0 radical (unpaired) electrons. The molecular formula is C22H24O17. The van der Waals surface area contributed by atoms with Crippen molar-refractivity contribution < 1.29 is 78.8 Å². The van der Waals surface area contributed by atoms with E-state index in [1.54, 1.807) is 6.92 Å². The normalized spacial score (nSPS) is 36.9. The minimum absolute atomic E-state index is 0.0208. The maximum Gasteiger partial charge on any atom is 0.355 e. The van der Waals surface area contributed by atoms with Gasteiger partial charge in [-0.05, 0) is 24.6 Å². The molecule has 3 heterocycles. The third kappa shape index (κ3) is 5.32. The zero-order valence-electron chi connectivity index (χ0n) is 19.8. The fraction of sp³-hybridized carbons (Fsp3) is 0.500. The minimum Gasteiger partial charge on any atom is -0.479 e. The molecule has 8 N–H and O–H groups in total. The zero-order chi connectivity index (χ0) is 28.8. The van der Waals surface area contributed by atoms with Gasteiger partial charge in [0.25, 0.3) is 0 Å². The van der Waals surface area contributed by atoms with Gasteiger partial charge in [0.05, 0.1) is 0 Å². The van der Waals surface area contributed by atoms with E-state index in [-0.39, 0.29) is 11.3 Å². The minimum atomic E-state index is -3.28. The highest BCUT2D eigenvalue weighted by Crippen LogP contribution is 2.37. The number of aliphatic hydroxyl groups is 6. The van der Waals surface area contributed by atoms with Crippen molar-refractivity contribution in [2.45, 2.75) is 68.0 Å². The molecule has 4 rings (SSSR count). The smallest absolute Gasteiger partial charge is 0.355 e. The van der Waals surface area contributed by atoms with E-state index in [1.807, 2.05) is 0 Å². The predicted molar refractivity (Wildman–Crippen MR) is 118 cm³/mol. The molecule has 17 heteroatoms. The van der Waals surface area contributed by atoms with E-state index in [0.29, 0.717) is 10.9 Å². The number of carboxylic acid groups (broad SMARTS) is 2. The van der Waals surface area contributed by atoms with E-state index in [2.05, 4.69) is 0 Å². The summed E-state index contributed by atoms with van der Waals surface area (Å²) in [6, 6.07) is 5.11. The second kappa shape index (κ2) is 10.7. The summed E-state index contributed by atoms with van der Waals surface area (Å²) in [5.41, 5.74) is -0.117. The van der Waals surface area contributed by atoms with E-state index < -0.39 is 78.7 Å². The van der Waals surface area contributed by atoms with E-state index in [9.17, 15) is 55.2 Å². The molecule has 2 aliphatic rings. The summed E-state index contributed by atoms with van der Waals surface area (Å²) in [5.74, 6) is -7.21. The molecule has 10 atom stereocenters. The van der Waals surface area contributed by atoms with Crippen LogP contribution in [0, 0.1) is 6.92 Å². The number of hydrogen-bond acceptors (Lipinski definition) is 15. The highest BCUT2D eigenvalue weighted by atomic mass is 17.3. The van der Waals surface area contributed by atoms with Gasteiger partial charge in [-0.3, -0.25) is 4.74 Å². The number of benzene rings is 1. The molecule has 0 bridgehead atoms. The molecule has 0 amide bonds. The molecular weight excluding hydrogens is 536 g/mol. The van der Waals surface area contributed by atoms with Crippen LogP contribution in [0.5, 0.6) is 5.75 Å². The number of hydrogen-bond donors (Lipinski definition) is 8. The van der Waals surface area contributed by atoms with Crippen LogP contribution in [0.15, 0.2) is 33.5 Å². The number of aliphatic hydroxyl groups excluding tert-OH is 6. The Bertz CT molecular complexity index is 1290. The van der Waals surface area contributed by atoms with Crippen LogP contribution in [-0.4, -0.2) is 114 Å². The van der Waals surface area contributed by atoms with Gasteiger partial charge in [-0.2, -0.15) is 0 Å². The number of rotatable bonds is 7. The topological polar surface area (TPSA) is 272 Å². The molecule has 0 aliphatic carbocycles. The molecule has 214 valence electrons. The van der Waals surface area contributed by atoms with Crippen LogP contribution in [0.2, 0.25) is 0 Å². The van der Waals surface area contributed by atoms with E-state index in [0.717, 1.165) is 6.07 Å². The Morgan fingerprint density at radius 3 is 2.15 bits per heavy atom. The summed E-state index contributed by atoms with van der Waals surface area (Å²) < 4.78 is 20.4. The van der Waals surface area contributed by atoms with E-state index in [4.69, 9.17) is 28.4 Å². The molecule has 0 saturated carbocycles. The van der Waals surface area contributed by atoms with Gasteiger partial charge in [-0.15, -0.1) is 4.89 Å². The van der Waals surface area contributed by atoms with Gasteiger partial charge in [-0.1, -0.05) is 0 Å². The van der Waals surface area contributed by atoms with Crippen LogP contribution >= 0.6 is 0 Å². The van der Waals surface area contributed by atoms with Gasteiger partial charge in [0.1, 0.15) is 36.1 Å². The molecule has 17 nitrogen and oxygen atoms in total. The van der Waals surface area contributed by atoms with Crippen molar-refractivity contribution >= 4 is 22.9 Å². The Balaban J connectivity index is 1.70. The first-order chi connectivity index (χ1) is 18.3. The SMILES string of the molecule is Cc1cc(=O)oc2cc(OOC3(OC4O[C@H](C(=O)O)[C@@H](O)[C@H](O)[C@H]4O)O[C@H](C(=O)O)[C@@H](O)[C@H](O)[C@H]3O)ccc12. The average Bonchev–Trinajstić information content (AvgIpc) is 2.87. The van der Waals surface area contributed by atoms with Crippen LogP contribution in [0.4, 0.5) is 0 Å². The van der Waals surface area contributed by atoms with Gasteiger partial charge in [0.2, 0.25) is 0 Å². The lowest BCUT2D eigenvalue weighted by Crippen LogP contribution is -2.71. The third-order valence-corrected chi connectivity index (χ3v) is 6.15. The predicted octanol–water partition coefficient (Wildman–Crippen LogP) is -3.46. The Labute approximate surface area is 216 Å². The van der Waals surface area contributed by atoms with Crippen molar-refractivity contribution in [1.82, 2.24) is 0 Å². The van der Waals surface area contributed by atoms with Gasteiger partial charge in [-0.25, -0.2) is 14.4 Å². The van der Waals surface area contributed by atoms with Crippen molar-refractivity contribution in [3.63, 3.8) is 0 Å². The molecule has 2 fully saturated rings. The lowest BCUT2D eigenvalue weighted by molar-refractivity contribution is -0.548. The van der Waals surface area contributed by atoms with Gasteiger partial charge >= 0.3 is 23.5 Å². The first kappa shape index (κ1) is 28.8. The Morgan fingerprint density at radius 1 is 0.872 bits per heavy atom. The van der Waals surface area contributed by atoms with Crippen molar-refractivity contribution in [1.29, 1.82) is 0 Å². The quantitative estimate of drug-likeness (QED) is 0.0707. The van der Waals surface area contributed by atoms with Gasteiger partial charge < -0.3 is 59.6 Å². The van der Waals surface area contributed by atoms with Crippen molar-refractivity contribution in [2.75, 3.05) is 0 Å². The second-order valence-corrected chi connectivity index (χ2v) is 8.83. The molecule has 1 aromatic carbocycles. The maximum absolute atomic E-state index is 11.7.